The predicted molar refractivity (Wildman–Crippen MR) is 90.8 cm³/mol. The van der Waals surface area contributed by atoms with E-state index in [1.54, 1.807) is 0 Å². The fraction of sp³-hybridized carbons (Fsp3) is 0.526. The fourth-order valence-corrected chi connectivity index (χ4v) is 4.73. The molecule has 4 nitrogen and oxygen atoms in total. The minimum absolute atomic E-state index is 0.0595. The Morgan fingerprint density at radius 3 is 2.48 bits per heavy atom. The highest BCUT2D eigenvalue weighted by Crippen LogP contribution is 2.42. The minimum atomic E-state index is 0.0595. The third-order valence-corrected chi connectivity index (χ3v) is 5.91. The van der Waals surface area contributed by atoms with Crippen molar-refractivity contribution in [3.63, 3.8) is 0 Å². The average Bonchev–Trinajstić information content (AvgIpc) is 2.93. The van der Waals surface area contributed by atoms with E-state index in [0.717, 1.165) is 5.57 Å². The summed E-state index contributed by atoms with van der Waals surface area (Å²) in [6.07, 6.45) is 5.02. The summed E-state index contributed by atoms with van der Waals surface area (Å²) in [5.41, 5.74) is 3.37. The van der Waals surface area contributed by atoms with Crippen LogP contribution in [0.25, 0.3) is 0 Å². The van der Waals surface area contributed by atoms with Crippen LogP contribution in [-0.4, -0.2) is 48.4 Å². The predicted octanol–water partition coefficient (Wildman–Crippen LogP) is 2.30. The highest BCUT2D eigenvalue weighted by molar-refractivity contribution is 5.98. The van der Waals surface area contributed by atoms with Gasteiger partial charge in [-0.15, -0.1) is 0 Å². The quantitative estimate of drug-likeness (QED) is 0.864. The largest absolute Gasteiger partial charge is 0.371 e. The maximum atomic E-state index is 12.6. The number of hydrogen-bond acceptors (Lipinski definition) is 3. The van der Waals surface area contributed by atoms with Crippen LogP contribution in [0.15, 0.2) is 41.6 Å². The van der Waals surface area contributed by atoms with Crippen molar-refractivity contribution in [1.29, 1.82) is 0 Å². The van der Waals surface area contributed by atoms with Gasteiger partial charge in [0.15, 0.2) is 0 Å². The van der Waals surface area contributed by atoms with Crippen molar-refractivity contribution in [3.8, 4) is 0 Å². The van der Waals surface area contributed by atoms with Crippen molar-refractivity contribution >= 4 is 5.91 Å². The third-order valence-electron chi connectivity index (χ3n) is 5.91. The monoisotopic (exact) mass is 311 g/mol. The van der Waals surface area contributed by atoms with Crippen LogP contribution < -0.4 is 5.32 Å². The molecule has 2 aliphatic heterocycles. The first-order valence-electron chi connectivity index (χ1n) is 8.69. The van der Waals surface area contributed by atoms with Crippen molar-refractivity contribution in [1.82, 2.24) is 15.1 Å². The van der Waals surface area contributed by atoms with Crippen LogP contribution in [0.5, 0.6) is 0 Å². The molecular weight excluding hydrogens is 286 g/mol. The molecule has 1 aliphatic carbocycles. The number of rotatable bonds is 1. The summed E-state index contributed by atoms with van der Waals surface area (Å²) in [5.74, 6) is 0.103. The van der Waals surface area contributed by atoms with Crippen LogP contribution in [0.3, 0.4) is 0 Å². The van der Waals surface area contributed by atoms with Gasteiger partial charge in [0.05, 0.1) is 18.2 Å². The van der Waals surface area contributed by atoms with Crippen molar-refractivity contribution in [3.05, 3.63) is 47.2 Å². The van der Waals surface area contributed by atoms with E-state index >= 15 is 0 Å². The molecule has 3 atom stereocenters. The summed E-state index contributed by atoms with van der Waals surface area (Å²) >= 11 is 0. The van der Waals surface area contributed by atoms with Gasteiger partial charge in [-0.3, -0.25) is 9.69 Å². The van der Waals surface area contributed by atoms with Crippen LogP contribution in [-0.2, 0) is 4.79 Å². The summed E-state index contributed by atoms with van der Waals surface area (Å²) in [6.45, 7) is 0.672. The van der Waals surface area contributed by atoms with E-state index in [-0.39, 0.29) is 11.9 Å². The zero-order valence-electron chi connectivity index (χ0n) is 14.0. The second-order valence-electron chi connectivity index (χ2n) is 7.05. The molecule has 1 aromatic rings. The lowest BCUT2D eigenvalue weighted by Crippen LogP contribution is -2.50. The van der Waals surface area contributed by atoms with E-state index in [2.05, 4.69) is 53.5 Å². The molecule has 23 heavy (non-hydrogen) atoms. The summed E-state index contributed by atoms with van der Waals surface area (Å²) < 4.78 is 0. The third kappa shape index (κ3) is 2.27. The summed E-state index contributed by atoms with van der Waals surface area (Å²) in [6, 6.07) is 11.6. The molecule has 4 heteroatoms. The highest BCUT2D eigenvalue weighted by Gasteiger charge is 2.44. The van der Waals surface area contributed by atoms with E-state index in [1.807, 2.05) is 6.07 Å². The van der Waals surface area contributed by atoms with E-state index in [0.29, 0.717) is 18.6 Å². The second kappa shape index (κ2) is 5.68. The zero-order valence-corrected chi connectivity index (χ0v) is 14.0. The van der Waals surface area contributed by atoms with Gasteiger partial charge in [0.2, 0.25) is 0 Å². The van der Waals surface area contributed by atoms with Crippen LogP contribution in [0, 0.1) is 0 Å². The van der Waals surface area contributed by atoms with Gasteiger partial charge in [-0.1, -0.05) is 43.2 Å². The standard InChI is InChI=1S/C19H25N3O/c1-21-14-10-6-7-11-15(14)22(2)18(13-8-4-3-5-9-13)17-16(21)12-20-19(17)23/h3-5,8-9,14-15,18H,6-7,10-12H2,1-2H3,(H,20,23)/t14-,15-,18-/m1/s1. The number of carbonyl (C=O) groups is 1. The molecule has 1 fully saturated rings. The van der Waals surface area contributed by atoms with Crippen LogP contribution in [0.4, 0.5) is 0 Å². The molecule has 122 valence electrons. The molecule has 2 heterocycles. The van der Waals surface area contributed by atoms with E-state index in [1.165, 1.54) is 36.9 Å². The van der Waals surface area contributed by atoms with E-state index < -0.39 is 0 Å². The molecule has 1 saturated carbocycles. The van der Waals surface area contributed by atoms with Gasteiger partial charge in [-0.05, 0) is 25.5 Å². The SMILES string of the molecule is CN1C2=C(C(=O)NC2)[C@@H](c2ccccc2)N(C)[C@@H]2CCCC[C@H]21. The topological polar surface area (TPSA) is 35.6 Å². The Morgan fingerprint density at radius 2 is 1.74 bits per heavy atom. The molecule has 0 aromatic heterocycles. The molecule has 0 saturated heterocycles. The Hall–Kier alpha value is -1.81. The number of carbonyl (C=O) groups excluding carboxylic acids is 1. The molecule has 0 bridgehead atoms. The first kappa shape index (κ1) is 14.8. The average molecular weight is 311 g/mol. The molecule has 1 amide bonds. The number of nitrogens with one attached hydrogen (secondary N) is 1. The van der Waals surface area contributed by atoms with Gasteiger partial charge in [0.1, 0.15) is 0 Å². The lowest BCUT2D eigenvalue weighted by Gasteiger charge is -2.43. The molecule has 1 N–H and O–H groups in total. The summed E-state index contributed by atoms with van der Waals surface area (Å²) in [4.78, 5) is 17.5. The van der Waals surface area contributed by atoms with Gasteiger partial charge >= 0.3 is 0 Å². The number of amides is 1. The maximum Gasteiger partial charge on any atom is 0.251 e. The molecule has 0 spiro atoms. The zero-order chi connectivity index (χ0) is 16.0. The first-order valence-corrected chi connectivity index (χ1v) is 8.69. The Kier molecular flexibility index (Phi) is 3.64. The summed E-state index contributed by atoms with van der Waals surface area (Å²) in [7, 11) is 4.38. The maximum absolute atomic E-state index is 12.6. The van der Waals surface area contributed by atoms with Gasteiger partial charge in [0.25, 0.3) is 5.91 Å². The van der Waals surface area contributed by atoms with E-state index in [9.17, 15) is 4.79 Å². The Labute approximate surface area is 138 Å². The Morgan fingerprint density at radius 1 is 1.04 bits per heavy atom. The van der Waals surface area contributed by atoms with Gasteiger partial charge in [0, 0.05) is 24.8 Å². The first-order chi connectivity index (χ1) is 11.2. The molecule has 1 aromatic carbocycles. The smallest absolute Gasteiger partial charge is 0.251 e. The lowest BCUT2D eigenvalue weighted by atomic mass is 9.87. The van der Waals surface area contributed by atoms with Crippen LogP contribution in [0.2, 0.25) is 0 Å². The summed E-state index contributed by atoms with van der Waals surface area (Å²) in [5, 5.41) is 3.05. The Bertz CT molecular complexity index is 639. The number of fused-ring (bicyclic) bond motifs is 1. The fourth-order valence-electron chi connectivity index (χ4n) is 4.73. The van der Waals surface area contributed by atoms with Crippen LogP contribution in [0.1, 0.15) is 37.3 Å². The van der Waals surface area contributed by atoms with Crippen molar-refractivity contribution in [2.24, 2.45) is 0 Å². The highest BCUT2D eigenvalue weighted by atomic mass is 16.2. The van der Waals surface area contributed by atoms with Crippen molar-refractivity contribution in [2.75, 3.05) is 20.6 Å². The van der Waals surface area contributed by atoms with Gasteiger partial charge in [-0.2, -0.15) is 0 Å². The van der Waals surface area contributed by atoms with Gasteiger partial charge in [-0.25, -0.2) is 0 Å². The number of hydrogen-bond donors (Lipinski definition) is 1. The van der Waals surface area contributed by atoms with Crippen molar-refractivity contribution < 1.29 is 4.79 Å². The molecule has 4 rings (SSSR count). The van der Waals surface area contributed by atoms with E-state index in [4.69, 9.17) is 0 Å². The second-order valence-corrected chi connectivity index (χ2v) is 7.05. The molecule has 0 unspecified atom stereocenters. The molecular formula is C19H25N3O. The number of likely N-dealkylation sites (N-methyl/N-ethyl adjacent to an activating group) is 2. The molecule has 0 radical (unpaired) electrons. The van der Waals surface area contributed by atoms with Crippen molar-refractivity contribution in [2.45, 2.75) is 43.8 Å². The minimum Gasteiger partial charge on any atom is -0.371 e. The number of nitrogens with zero attached hydrogens (tertiary/aromatic N) is 2. The van der Waals surface area contributed by atoms with Crippen LogP contribution >= 0.6 is 0 Å². The normalized spacial score (nSPS) is 31.5. The Balaban J connectivity index is 1.86. The molecule has 3 aliphatic rings. The van der Waals surface area contributed by atoms with Gasteiger partial charge < -0.3 is 10.2 Å². The number of benzene rings is 1. The lowest BCUT2D eigenvalue weighted by molar-refractivity contribution is -0.117.